The highest BCUT2D eigenvalue weighted by molar-refractivity contribution is 5.83. The van der Waals surface area contributed by atoms with E-state index in [9.17, 15) is 4.79 Å². The second-order valence-corrected chi connectivity index (χ2v) is 5.73. The molecule has 1 aliphatic carbocycles. The molecule has 5 nitrogen and oxygen atoms in total. The number of hydrogen-bond donors (Lipinski definition) is 0. The SMILES string of the molecule is CCOC(=O)C(C)(C)c1nc2cccnc2n1C1CC1. The smallest absolute Gasteiger partial charge is 0.319 e. The van der Waals surface area contributed by atoms with Gasteiger partial charge in [-0.2, -0.15) is 0 Å². The Balaban J connectivity index is 2.15. The Bertz CT molecular complexity index is 656. The second-order valence-electron chi connectivity index (χ2n) is 5.73. The Hall–Kier alpha value is -1.91. The van der Waals surface area contributed by atoms with Gasteiger partial charge in [-0.25, -0.2) is 9.97 Å². The minimum Gasteiger partial charge on any atom is -0.465 e. The number of rotatable bonds is 4. The highest BCUT2D eigenvalue weighted by Gasteiger charge is 2.40. The zero-order valence-electron chi connectivity index (χ0n) is 12.1. The first kappa shape index (κ1) is 13.1. The van der Waals surface area contributed by atoms with Gasteiger partial charge < -0.3 is 9.30 Å². The Labute approximate surface area is 118 Å². The lowest BCUT2D eigenvalue weighted by atomic mass is 9.92. The van der Waals surface area contributed by atoms with Gasteiger partial charge in [-0.15, -0.1) is 0 Å². The highest BCUT2D eigenvalue weighted by atomic mass is 16.5. The number of ether oxygens (including phenoxy) is 1. The molecule has 20 heavy (non-hydrogen) atoms. The van der Waals surface area contributed by atoms with Gasteiger partial charge in [0.1, 0.15) is 16.8 Å². The van der Waals surface area contributed by atoms with E-state index in [1.807, 2.05) is 32.9 Å². The van der Waals surface area contributed by atoms with Gasteiger partial charge >= 0.3 is 5.97 Å². The molecule has 0 bridgehead atoms. The minimum atomic E-state index is -0.765. The fourth-order valence-corrected chi connectivity index (χ4v) is 2.45. The van der Waals surface area contributed by atoms with Crippen LogP contribution in [0.15, 0.2) is 18.3 Å². The number of esters is 1. The summed E-state index contributed by atoms with van der Waals surface area (Å²) in [5.41, 5.74) is 0.938. The Kier molecular flexibility index (Phi) is 3.00. The molecule has 5 heteroatoms. The van der Waals surface area contributed by atoms with Crippen molar-refractivity contribution in [2.75, 3.05) is 6.61 Å². The predicted octanol–water partition coefficient (Wildman–Crippen LogP) is 2.61. The molecule has 1 aliphatic rings. The van der Waals surface area contributed by atoms with Crippen molar-refractivity contribution < 1.29 is 9.53 Å². The van der Waals surface area contributed by atoms with Crippen molar-refractivity contribution in [1.82, 2.24) is 14.5 Å². The third-order valence-corrected chi connectivity index (χ3v) is 3.71. The summed E-state index contributed by atoms with van der Waals surface area (Å²) in [6.45, 7) is 5.93. The normalized spacial score (nSPS) is 15.6. The van der Waals surface area contributed by atoms with Crippen molar-refractivity contribution in [2.45, 2.75) is 45.1 Å². The molecule has 106 valence electrons. The van der Waals surface area contributed by atoms with Crippen LogP contribution < -0.4 is 0 Å². The fraction of sp³-hybridized carbons (Fsp3) is 0.533. The zero-order chi connectivity index (χ0) is 14.3. The van der Waals surface area contributed by atoms with Crippen LogP contribution in [0.4, 0.5) is 0 Å². The summed E-state index contributed by atoms with van der Waals surface area (Å²) in [6, 6.07) is 4.22. The Morgan fingerprint density at radius 3 is 2.90 bits per heavy atom. The van der Waals surface area contributed by atoms with Crippen molar-refractivity contribution in [1.29, 1.82) is 0 Å². The van der Waals surface area contributed by atoms with Crippen molar-refractivity contribution in [2.24, 2.45) is 0 Å². The summed E-state index contributed by atoms with van der Waals surface area (Å²) in [6.07, 6.45) is 4.01. The van der Waals surface area contributed by atoms with Crippen LogP contribution in [0.5, 0.6) is 0 Å². The Morgan fingerprint density at radius 1 is 1.50 bits per heavy atom. The second kappa shape index (κ2) is 4.58. The third-order valence-electron chi connectivity index (χ3n) is 3.71. The minimum absolute atomic E-state index is 0.239. The molecule has 0 aromatic carbocycles. The third kappa shape index (κ3) is 1.97. The van der Waals surface area contributed by atoms with Gasteiger partial charge in [0.05, 0.1) is 6.61 Å². The van der Waals surface area contributed by atoms with Crippen molar-refractivity contribution in [3.05, 3.63) is 24.2 Å². The van der Waals surface area contributed by atoms with E-state index in [4.69, 9.17) is 4.74 Å². The lowest BCUT2D eigenvalue weighted by Gasteiger charge is -2.22. The maximum atomic E-state index is 12.2. The molecule has 1 saturated carbocycles. The monoisotopic (exact) mass is 273 g/mol. The molecular formula is C15H19N3O2. The molecule has 0 atom stereocenters. The van der Waals surface area contributed by atoms with Gasteiger partial charge in [0.15, 0.2) is 5.65 Å². The van der Waals surface area contributed by atoms with Gasteiger partial charge in [0, 0.05) is 12.2 Å². The summed E-state index contributed by atoms with van der Waals surface area (Å²) in [7, 11) is 0. The first-order valence-corrected chi connectivity index (χ1v) is 7.06. The average Bonchev–Trinajstić information content (AvgIpc) is 3.18. The standard InChI is InChI=1S/C15H19N3O2/c1-4-20-14(19)15(2,3)13-17-11-6-5-9-16-12(11)18(13)10-7-8-10/h5-6,9-10H,4,7-8H2,1-3H3. The molecule has 0 amide bonds. The Morgan fingerprint density at radius 2 is 2.25 bits per heavy atom. The molecule has 0 unspecified atom stereocenters. The van der Waals surface area contributed by atoms with Crippen LogP contribution in [-0.2, 0) is 14.9 Å². The number of carbonyl (C=O) groups excluding carboxylic acids is 1. The van der Waals surface area contributed by atoms with Gasteiger partial charge in [-0.1, -0.05) is 0 Å². The first-order chi connectivity index (χ1) is 9.55. The maximum absolute atomic E-state index is 12.2. The molecule has 0 saturated heterocycles. The van der Waals surface area contributed by atoms with E-state index in [0.29, 0.717) is 12.6 Å². The van der Waals surface area contributed by atoms with Gasteiger partial charge in [-0.05, 0) is 45.7 Å². The summed E-state index contributed by atoms with van der Waals surface area (Å²) < 4.78 is 7.32. The van der Waals surface area contributed by atoms with Crippen LogP contribution >= 0.6 is 0 Å². The maximum Gasteiger partial charge on any atom is 0.319 e. The van der Waals surface area contributed by atoms with Crippen LogP contribution in [-0.4, -0.2) is 27.1 Å². The number of imidazole rings is 1. The van der Waals surface area contributed by atoms with Crippen LogP contribution in [0, 0.1) is 0 Å². The van der Waals surface area contributed by atoms with E-state index in [0.717, 1.165) is 29.8 Å². The van der Waals surface area contributed by atoms with Crippen LogP contribution in [0.2, 0.25) is 0 Å². The van der Waals surface area contributed by atoms with Gasteiger partial charge in [-0.3, -0.25) is 4.79 Å². The molecule has 2 aromatic heterocycles. The van der Waals surface area contributed by atoms with Crippen molar-refractivity contribution in [3.8, 4) is 0 Å². The number of aromatic nitrogens is 3. The van der Waals surface area contributed by atoms with Crippen LogP contribution in [0.1, 0.15) is 45.5 Å². The molecule has 0 spiro atoms. The molecule has 2 heterocycles. The van der Waals surface area contributed by atoms with E-state index in [2.05, 4.69) is 14.5 Å². The molecular weight excluding hydrogens is 254 g/mol. The number of fused-ring (bicyclic) bond motifs is 1. The van der Waals surface area contributed by atoms with E-state index in [1.165, 1.54) is 0 Å². The largest absolute Gasteiger partial charge is 0.465 e. The first-order valence-electron chi connectivity index (χ1n) is 7.06. The molecule has 1 fully saturated rings. The topological polar surface area (TPSA) is 57.0 Å². The number of hydrogen-bond acceptors (Lipinski definition) is 4. The molecule has 2 aromatic rings. The van der Waals surface area contributed by atoms with Crippen molar-refractivity contribution in [3.63, 3.8) is 0 Å². The lowest BCUT2D eigenvalue weighted by Crippen LogP contribution is -2.34. The summed E-state index contributed by atoms with van der Waals surface area (Å²) >= 11 is 0. The molecule has 3 rings (SSSR count). The van der Waals surface area contributed by atoms with Gasteiger partial charge in [0.25, 0.3) is 0 Å². The molecule has 0 aliphatic heterocycles. The summed E-state index contributed by atoms with van der Waals surface area (Å²) in [4.78, 5) is 21.3. The quantitative estimate of drug-likeness (QED) is 0.803. The van der Waals surface area contributed by atoms with Crippen LogP contribution in [0.25, 0.3) is 11.2 Å². The fourth-order valence-electron chi connectivity index (χ4n) is 2.45. The zero-order valence-corrected chi connectivity index (χ0v) is 12.1. The van der Waals surface area contributed by atoms with E-state index in [1.54, 1.807) is 6.20 Å². The molecule has 0 radical (unpaired) electrons. The predicted molar refractivity (Wildman–Crippen MR) is 75.5 cm³/mol. The van der Waals surface area contributed by atoms with E-state index < -0.39 is 5.41 Å². The number of carbonyl (C=O) groups is 1. The molecule has 0 N–H and O–H groups in total. The van der Waals surface area contributed by atoms with E-state index >= 15 is 0 Å². The van der Waals surface area contributed by atoms with Crippen LogP contribution in [0.3, 0.4) is 0 Å². The van der Waals surface area contributed by atoms with E-state index in [-0.39, 0.29) is 5.97 Å². The highest BCUT2D eigenvalue weighted by Crippen LogP contribution is 2.41. The average molecular weight is 273 g/mol. The van der Waals surface area contributed by atoms with Crippen molar-refractivity contribution >= 4 is 17.1 Å². The number of nitrogens with zero attached hydrogens (tertiary/aromatic N) is 3. The van der Waals surface area contributed by atoms with Gasteiger partial charge in [0.2, 0.25) is 0 Å². The lowest BCUT2D eigenvalue weighted by molar-refractivity contribution is -0.149. The summed E-state index contributed by atoms with van der Waals surface area (Å²) in [5, 5.41) is 0. The number of pyridine rings is 1. The summed E-state index contributed by atoms with van der Waals surface area (Å²) in [5.74, 6) is 0.518.